The van der Waals surface area contributed by atoms with Crippen LogP contribution in [0.4, 0.5) is 4.39 Å². The molecule has 1 nitrogen and oxygen atoms in total. The molecule has 0 aliphatic rings. The highest BCUT2D eigenvalue weighted by Crippen LogP contribution is 2.16. The minimum Gasteiger partial charge on any atom is -0.298 e. The average Bonchev–Trinajstić information content (AvgIpc) is 2.39. The van der Waals surface area contributed by atoms with Crippen LogP contribution in [0.15, 0.2) is 54.6 Å². The quantitative estimate of drug-likeness (QED) is 0.444. The molecule has 0 saturated heterocycles. The molecule has 0 radical (unpaired) electrons. The summed E-state index contributed by atoms with van der Waals surface area (Å²) < 4.78 is 12.7. The van der Waals surface area contributed by atoms with Gasteiger partial charge in [0, 0.05) is 5.57 Å². The summed E-state index contributed by atoms with van der Waals surface area (Å²) in [5.74, 6) is -0.283. The summed E-state index contributed by atoms with van der Waals surface area (Å²) in [5, 5.41) is 0. The zero-order chi connectivity index (χ0) is 12.1. The molecule has 0 fully saturated rings. The van der Waals surface area contributed by atoms with Crippen LogP contribution in [0, 0.1) is 5.82 Å². The highest BCUT2D eigenvalue weighted by atomic mass is 19.1. The Morgan fingerprint density at radius 1 is 0.941 bits per heavy atom. The Hall–Kier alpha value is -2.22. The number of aldehydes is 1. The molecule has 0 aliphatic heterocycles. The molecule has 0 saturated carbocycles. The van der Waals surface area contributed by atoms with Gasteiger partial charge in [-0.25, -0.2) is 4.39 Å². The van der Waals surface area contributed by atoms with Crippen LogP contribution < -0.4 is 0 Å². The lowest BCUT2D eigenvalue weighted by molar-refractivity contribution is -0.103. The first-order chi connectivity index (χ1) is 8.29. The van der Waals surface area contributed by atoms with E-state index in [2.05, 4.69) is 0 Å². The van der Waals surface area contributed by atoms with Gasteiger partial charge in [0.2, 0.25) is 0 Å². The Bertz CT molecular complexity index is 527. The number of rotatable bonds is 3. The Morgan fingerprint density at radius 3 is 2.18 bits per heavy atom. The predicted octanol–water partition coefficient (Wildman–Crippen LogP) is 3.57. The molecule has 0 spiro atoms. The number of allylic oxidation sites excluding steroid dienone is 1. The van der Waals surface area contributed by atoms with Crippen LogP contribution in [0.25, 0.3) is 11.6 Å². The molecule has 2 aromatic carbocycles. The molecular weight excluding hydrogens is 215 g/mol. The van der Waals surface area contributed by atoms with Crippen molar-refractivity contribution in [3.63, 3.8) is 0 Å². The Kier molecular flexibility index (Phi) is 3.46. The number of carbonyl (C=O) groups excluding carboxylic acids is 1. The van der Waals surface area contributed by atoms with E-state index in [-0.39, 0.29) is 5.82 Å². The first-order valence-electron chi connectivity index (χ1n) is 5.27. The summed E-state index contributed by atoms with van der Waals surface area (Å²) in [6.07, 6.45) is 2.54. The number of hydrogen-bond acceptors (Lipinski definition) is 1. The third-order valence-electron chi connectivity index (χ3n) is 2.43. The van der Waals surface area contributed by atoms with Crippen molar-refractivity contribution in [3.05, 3.63) is 71.5 Å². The van der Waals surface area contributed by atoms with Crippen molar-refractivity contribution in [2.75, 3.05) is 0 Å². The van der Waals surface area contributed by atoms with Crippen molar-refractivity contribution in [2.45, 2.75) is 0 Å². The maximum atomic E-state index is 12.7. The van der Waals surface area contributed by atoms with E-state index in [4.69, 9.17) is 0 Å². The third kappa shape index (κ3) is 2.88. The van der Waals surface area contributed by atoms with Gasteiger partial charge in [0.1, 0.15) is 5.82 Å². The van der Waals surface area contributed by atoms with E-state index in [0.717, 1.165) is 17.4 Å². The lowest BCUT2D eigenvalue weighted by Gasteiger charge is -2.00. The summed E-state index contributed by atoms with van der Waals surface area (Å²) in [5.41, 5.74) is 2.24. The smallest absolute Gasteiger partial charge is 0.150 e. The van der Waals surface area contributed by atoms with Crippen LogP contribution in [0.5, 0.6) is 0 Å². The van der Waals surface area contributed by atoms with E-state index in [1.54, 1.807) is 18.2 Å². The van der Waals surface area contributed by atoms with Crippen molar-refractivity contribution in [2.24, 2.45) is 0 Å². The number of halogens is 1. The van der Waals surface area contributed by atoms with Gasteiger partial charge in [0.05, 0.1) is 0 Å². The molecule has 0 aromatic heterocycles. The minimum absolute atomic E-state index is 0.283. The fourth-order valence-corrected chi connectivity index (χ4v) is 1.55. The number of hydrogen-bond donors (Lipinski definition) is 0. The topological polar surface area (TPSA) is 17.1 Å². The summed E-state index contributed by atoms with van der Waals surface area (Å²) in [4.78, 5) is 11.0. The maximum Gasteiger partial charge on any atom is 0.150 e. The van der Waals surface area contributed by atoms with Gasteiger partial charge in [-0.1, -0.05) is 42.5 Å². The van der Waals surface area contributed by atoms with Crippen LogP contribution in [0.3, 0.4) is 0 Å². The van der Waals surface area contributed by atoms with Gasteiger partial charge < -0.3 is 0 Å². The highest BCUT2D eigenvalue weighted by Gasteiger charge is 1.99. The molecule has 84 valence electrons. The second kappa shape index (κ2) is 5.21. The van der Waals surface area contributed by atoms with Gasteiger partial charge in [0.25, 0.3) is 0 Å². The Balaban J connectivity index is 2.36. The summed E-state index contributed by atoms with van der Waals surface area (Å²) in [6, 6.07) is 15.4. The van der Waals surface area contributed by atoms with Crippen LogP contribution in [-0.4, -0.2) is 6.29 Å². The Labute approximate surface area is 99.2 Å². The normalized spacial score (nSPS) is 11.2. The van der Waals surface area contributed by atoms with Crippen molar-refractivity contribution in [1.29, 1.82) is 0 Å². The predicted molar refractivity (Wildman–Crippen MR) is 66.8 cm³/mol. The lowest BCUT2D eigenvalue weighted by atomic mass is 10.0. The van der Waals surface area contributed by atoms with Crippen molar-refractivity contribution < 1.29 is 9.18 Å². The summed E-state index contributed by atoms with van der Waals surface area (Å²) in [7, 11) is 0. The highest BCUT2D eigenvalue weighted by molar-refractivity contribution is 6.13. The van der Waals surface area contributed by atoms with Crippen LogP contribution in [-0.2, 0) is 4.79 Å². The molecule has 0 N–H and O–H groups in total. The van der Waals surface area contributed by atoms with Gasteiger partial charge in [-0.15, -0.1) is 0 Å². The van der Waals surface area contributed by atoms with Gasteiger partial charge in [-0.2, -0.15) is 0 Å². The van der Waals surface area contributed by atoms with Crippen molar-refractivity contribution >= 4 is 17.9 Å². The standard InChI is InChI=1S/C15H11FO/c16-15-8-6-12(7-9-15)10-14(11-17)13-4-2-1-3-5-13/h1-11H/b14-10-. The average molecular weight is 226 g/mol. The Morgan fingerprint density at radius 2 is 1.59 bits per heavy atom. The van der Waals surface area contributed by atoms with Gasteiger partial charge in [-0.3, -0.25) is 4.79 Å². The van der Waals surface area contributed by atoms with Crippen LogP contribution >= 0.6 is 0 Å². The van der Waals surface area contributed by atoms with Crippen LogP contribution in [0.2, 0.25) is 0 Å². The second-order valence-corrected chi connectivity index (χ2v) is 3.64. The fraction of sp³-hybridized carbons (Fsp3) is 0. The zero-order valence-corrected chi connectivity index (χ0v) is 9.14. The lowest BCUT2D eigenvalue weighted by Crippen LogP contribution is -1.85. The number of benzene rings is 2. The van der Waals surface area contributed by atoms with Gasteiger partial charge in [0.15, 0.2) is 6.29 Å². The molecule has 0 aliphatic carbocycles. The molecule has 0 amide bonds. The third-order valence-corrected chi connectivity index (χ3v) is 2.43. The van der Waals surface area contributed by atoms with E-state index in [1.807, 2.05) is 30.3 Å². The monoisotopic (exact) mass is 226 g/mol. The van der Waals surface area contributed by atoms with Gasteiger partial charge >= 0.3 is 0 Å². The molecule has 0 heterocycles. The van der Waals surface area contributed by atoms with E-state index < -0.39 is 0 Å². The molecular formula is C15H11FO. The molecule has 0 bridgehead atoms. The van der Waals surface area contributed by atoms with Crippen molar-refractivity contribution in [3.8, 4) is 0 Å². The fourth-order valence-electron chi connectivity index (χ4n) is 1.55. The first-order valence-corrected chi connectivity index (χ1v) is 5.27. The first kappa shape index (κ1) is 11.3. The molecule has 2 heteroatoms. The SMILES string of the molecule is O=C/C(=C/c1ccc(F)cc1)c1ccccc1. The van der Waals surface area contributed by atoms with Gasteiger partial charge in [-0.05, 0) is 29.3 Å². The number of carbonyl (C=O) groups is 1. The summed E-state index contributed by atoms with van der Waals surface area (Å²) in [6.45, 7) is 0. The largest absolute Gasteiger partial charge is 0.298 e. The molecule has 2 aromatic rings. The van der Waals surface area contributed by atoms with E-state index >= 15 is 0 Å². The maximum absolute atomic E-state index is 12.7. The van der Waals surface area contributed by atoms with Crippen molar-refractivity contribution in [1.82, 2.24) is 0 Å². The van der Waals surface area contributed by atoms with Crippen LogP contribution in [0.1, 0.15) is 11.1 Å². The second-order valence-electron chi connectivity index (χ2n) is 3.64. The van der Waals surface area contributed by atoms with E-state index in [1.165, 1.54) is 12.1 Å². The molecule has 2 rings (SSSR count). The summed E-state index contributed by atoms with van der Waals surface area (Å²) >= 11 is 0. The van der Waals surface area contributed by atoms with E-state index in [9.17, 15) is 9.18 Å². The van der Waals surface area contributed by atoms with E-state index in [0.29, 0.717) is 5.57 Å². The molecule has 0 unspecified atom stereocenters. The minimum atomic E-state index is -0.283. The zero-order valence-electron chi connectivity index (χ0n) is 9.14. The molecule has 0 atom stereocenters. The molecule has 17 heavy (non-hydrogen) atoms.